The first-order valence-corrected chi connectivity index (χ1v) is 14.4. The number of carbonyl (C=O) groups excluding carboxylic acids is 2. The van der Waals surface area contributed by atoms with Crippen molar-refractivity contribution >= 4 is 11.7 Å². The second kappa shape index (κ2) is 8.05. The molecule has 5 nitrogen and oxygen atoms in total. The van der Waals surface area contributed by atoms with Crippen LogP contribution in [0.3, 0.4) is 0 Å². The van der Waals surface area contributed by atoms with Crippen LogP contribution < -0.4 is 10.1 Å². The number of ketones is 1. The third-order valence-electron chi connectivity index (χ3n) is 11.5. The van der Waals surface area contributed by atoms with Crippen molar-refractivity contribution in [3.05, 3.63) is 54.6 Å². The zero-order chi connectivity index (χ0) is 25.7. The van der Waals surface area contributed by atoms with Gasteiger partial charge in [0.15, 0.2) is 5.78 Å². The fraction of sp³-hybridized carbons (Fsp3) is 0.625. The molecule has 0 unspecified atom stereocenters. The topological polar surface area (TPSA) is 75.6 Å². The van der Waals surface area contributed by atoms with Crippen LogP contribution in [-0.2, 0) is 16.0 Å². The van der Waals surface area contributed by atoms with Crippen LogP contribution in [-0.4, -0.2) is 28.6 Å². The highest BCUT2D eigenvalue weighted by Gasteiger charge is 2.72. The van der Waals surface area contributed by atoms with Crippen LogP contribution in [0, 0.1) is 58.7 Å². The first-order valence-electron chi connectivity index (χ1n) is 14.4. The van der Waals surface area contributed by atoms with E-state index in [0.29, 0.717) is 42.9 Å². The van der Waals surface area contributed by atoms with E-state index in [0.717, 1.165) is 17.7 Å². The van der Waals surface area contributed by atoms with E-state index < -0.39 is 17.1 Å². The zero-order valence-electron chi connectivity index (χ0n) is 21.9. The van der Waals surface area contributed by atoms with E-state index >= 15 is 0 Å². The SMILES string of the molecule is C=C[C@H]1C=C[C@H]2[C@@H]3C[C@H](C(C)C)CC[C@H]3[C@@H]3Oc4ccc(cc4)C[C@]4(O)NC(=O)[C@]5(CC[C@H]54)C(=O)[C@@H]1[C@H]23. The van der Waals surface area contributed by atoms with Crippen LogP contribution in [0.2, 0.25) is 0 Å². The average molecular weight is 502 g/mol. The Hall–Kier alpha value is -2.40. The van der Waals surface area contributed by atoms with E-state index in [1.54, 1.807) is 0 Å². The Bertz CT molecular complexity index is 1170. The van der Waals surface area contributed by atoms with Gasteiger partial charge in [-0.1, -0.05) is 44.2 Å². The van der Waals surface area contributed by atoms with Crippen LogP contribution in [0.5, 0.6) is 5.75 Å². The van der Waals surface area contributed by atoms with E-state index in [2.05, 4.69) is 37.9 Å². The predicted molar refractivity (Wildman–Crippen MR) is 140 cm³/mol. The molecule has 1 aromatic rings. The molecule has 4 bridgehead atoms. The minimum atomic E-state index is -1.40. The number of hydrogen-bond donors (Lipinski definition) is 2. The number of allylic oxidation sites excluding steroid dienone is 3. The molecular formula is C32H39NO4. The number of amides is 1. The van der Waals surface area contributed by atoms with E-state index in [4.69, 9.17) is 4.74 Å². The van der Waals surface area contributed by atoms with Gasteiger partial charge >= 0.3 is 0 Å². The number of benzene rings is 1. The lowest BCUT2D eigenvalue weighted by atomic mass is 9.51. The van der Waals surface area contributed by atoms with Crippen molar-refractivity contribution in [2.75, 3.05) is 0 Å². The second-order valence-electron chi connectivity index (χ2n) is 13.2. The summed E-state index contributed by atoms with van der Waals surface area (Å²) in [6.45, 7) is 8.78. The van der Waals surface area contributed by atoms with Gasteiger partial charge in [0.25, 0.3) is 0 Å². The highest BCUT2D eigenvalue weighted by Crippen LogP contribution is 2.63. The first-order chi connectivity index (χ1) is 17.8. The molecule has 4 fully saturated rings. The molecule has 1 amide bonds. The molecule has 3 heterocycles. The Morgan fingerprint density at radius 1 is 1.11 bits per heavy atom. The molecule has 3 saturated carbocycles. The van der Waals surface area contributed by atoms with Gasteiger partial charge in [0.05, 0.1) is 0 Å². The maximum absolute atomic E-state index is 14.8. The van der Waals surface area contributed by atoms with Gasteiger partial charge in [0.2, 0.25) is 5.91 Å². The molecule has 1 aromatic carbocycles. The number of Topliss-reactive ketones (excluding diaryl/α,β-unsaturated/α-hetero) is 1. The Morgan fingerprint density at radius 3 is 2.57 bits per heavy atom. The van der Waals surface area contributed by atoms with E-state index in [-0.39, 0.29) is 41.5 Å². The summed E-state index contributed by atoms with van der Waals surface area (Å²) in [5, 5.41) is 14.6. The van der Waals surface area contributed by atoms with Gasteiger partial charge in [-0.2, -0.15) is 0 Å². The standard InChI is InChI=1S/C32H39NO4/c1-4-19-7-11-22-24-15-20(17(2)3)8-12-23(24)28-27(22)26(19)29(34)31-14-13-25(31)32(36,33-30(31)35)16-18-5-9-21(37-28)10-6-18/h4-7,9-11,17,19-20,22-28,36H,1,8,12-16H2,2-3H3,(H,33,35)/t19-,20+,22-,23+,24-,25+,26-,27-,28-,31-,32+/m0/s1. The molecule has 4 aliphatic carbocycles. The minimum Gasteiger partial charge on any atom is -0.490 e. The van der Waals surface area contributed by atoms with Gasteiger partial charge in [-0.3, -0.25) is 9.59 Å². The summed E-state index contributed by atoms with van der Waals surface area (Å²) in [6, 6.07) is 8.01. The number of hydrogen-bond acceptors (Lipinski definition) is 4. The number of carbonyl (C=O) groups is 2. The van der Waals surface area contributed by atoms with Crippen molar-refractivity contribution < 1.29 is 19.4 Å². The van der Waals surface area contributed by atoms with Crippen molar-refractivity contribution in [2.24, 2.45) is 58.7 Å². The predicted octanol–water partition coefficient (Wildman–Crippen LogP) is 4.70. The van der Waals surface area contributed by atoms with E-state index in [9.17, 15) is 14.7 Å². The number of ether oxygens (including phenoxy) is 1. The Kier molecular flexibility index (Phi) is 5.16. The second-order valence-corrected chi connectivity index (χ2v) is 13.2. The van der Waals surface area contributed by atoms with Gasteiger partial charge in [-0.05, 0) is 79.4 Å². The summed E-state index contributed by atoms with van der Waals surface area (Å²) in [5.74, 6) is 2.11. The van der Waals surface area contributed by atoms with Crippen LogP contribution in [0.4, 0.5) is 0 Å². The van der Waals surface area contributed by atoms with Crippen molar-refractivity contribution in [3.8, 4) is 5.75 Å². The number of nitrogens with one attached hydrogen (secondary N) is 1. The van der Waals surface area contributed by atoms with Crippen LogP contribution >= 0.6 is 0 Å². The molecule has 5 heteroatoms. The number of fused-ring (bicyclic) bond motifs is 4. The van der Waals surface area contributed by atoms with Crippen molar-refractivity contribution in [1.82, 2.24) is 5.32 Å². The molecular weight excluding hydrogens is 462 g/mol. The van der Waals surface area contributed by atoms with Gasteiger partial charge in [-0.15, -0.1) is 6.58 Å². The Balaban J connectivity index is 1.39. The molecule has 3 aliphatic heterocycles. The maximum Gasteiger partial charge on any atom is 0.236 e. The molecule has 11 atom stereocenters. The lowest BCUT2D eigenvalue weighted by molar-refractivity contribution is -0.160. The molecule has 0 spiro atoms. The summed E-state index contributed by atoms with van der Waals surface area (Å²) < 4.78 is 6.87. The zero-order valence-corrected chi connectivity index (χ0v) is 21.9. The van der Waals surface area contributed by atoms with E-state index in [1.165, 1.54) is 12.8 Å². The highest BCUT2D eigenvalue weighted by molar-refractivity contribution is 6.10. The maximum atomic E-state index is 14.8. The number of rotatable bonds is 2. The lowest BCUT2D eigenvalue weighted by Gasteiger charge is -2.49. The quantitative estimate of drug-likeness (QED) is 0.455. The molecule has 196 valence electrons. The lowest BCUT2D eigenvalue weighted by Crippen LogP contribution is -2.58. The van der Waals surface area contributed by atoms with Crippen LogP contribution in [0.1, 0.15) is 51.5 Å². The summed E-state index contributed by atoms with van der Waals surface area (Å²) in [6.07, 6.45) is 11.3. The molecule has 37 heavy (non-hydrogen) atoms. The van der Waals surface area contributed by atoms with Crippen molar-refractivity contribution in [1.29, 1.82) is 0 Å². The average Bonchev–Trinajstić information content (AvgIpc) is 3.23. The largest absolute Gasteiger partial charge is 0.490 e. The monoisotopic (exact) mass is 501 g/mol. The molecule has 1 saturated heterocycles. The van der Waals surface area contributed by atoms with Crippen LogP contribution in [0.15, 0.2) is 49.1 Å². The minimum absolute atomic E-state index is 0.000963. The van der Waals surface area contributed by atoms with Gasteiger partial charge < -0.3 is 15.2 Å². The van der Waals surface area contributed by atoms with Gasteiger partial charge in [0.1, 0.15) is 23.0 Å². The van der Waals surface area contributed by atoms with Crippen molar-refractivity contribution in [3.63, 3.8) is 0 Å². The highest BCUT2D eigenvalue weighted by atomic mass is 16.5. The fourth-order valence-corrected chi connectivity index (χ4v) is 9.51. The first kappa shape index (κ1) is 23.7. The van der Waals surface area contributed by atoms with Gasteiger partial charge in [-0.25, -0.2) is 0 Å². The molecule has 7 aliphatic rings. The summed E-state index contributed by atoms with van der Waals surface area (Å²) >= 11 is 0. The van der Waals surface area contributed by atoms with Gasteiger partial charge in [0, 0.05) is 30.1 Å². The fourth-order valence-electron chi connectivity index (χ4n) is 9.51. The third-order valence-corrected chi connectivity index (χ3v) is 11.5. The Morgan fingerprint density at radius 2 is 1.89 bits per heavy atom. The molecule has 2 N–H and O–H groups in total. The summed E-state index contributed by atoms with van der Waals surface area (Å²) in [5.41, 5.74) is -1.61. The number of aliphatic hydroxyl groups is 1. The third kappa shape index (κ3) is 3.13. The van der Waals surface area contributed by atoms with Crippen LogP contribution in [0.25, 0.3) is 0 Å². The Labute approximate surface area is 219 Å². The smallest absolute Gasteiger partial charge is 0.236 e. The van der Waals surface area contributed by atoms with Crippen molar-refractivity contribution in [2.45, 2.75) is 64.2 Å². The molecule has 0 radical (unpaired) electrons. The molecule has 8 rings (SSSR count). The molecule has 0 aromatic heterocycles. The summed E-state index contributed by atoms with van der Waals surface area (Å²) in [4.78, 5) is 28.4. The van der Waals surface area contributed by atoms with E-state index in [1.807, 2.05) is 30.3 Å². The normalized spacial score (nSPS) is 47.4. The summed E-state index contributed by atoms with van der Waals surface area (Å²) in [7, 11) is 0.